The molecule has 0 fully saturated rings. The zero-order valence-corrected chi connectivity index (χ0v) is 15.9. The summed E-state index contributed by atoms with van der Waals surface area (Å²) >= 11 is 0. The van der Waals surface area contributed by atoms with Crippen molar-refractivity contribution in [3.8, 4) is 0 Å². The highest BCUT2D eigenvalue weighted by Gasteiger charge is 2.11. The highest BCUT2D eigenvalue weighted by molar-refractivity contribution is 6.55. The van der Waals surface area contributed by atoms with Gasteiger partial charge in [0.05, 0.1) is 0 Å². The van der Waals surface area contributed by atoms with Crippen LogP contribution in [0.25, 0.3) is 0 Å². The highest BCUT2D eigenvalue weighted by Crippen LogP contribution is 2.02. The maximum atomic E-state index is 11.7. The van der Waals surface area contributed by atoms with Gasteiger partial charge in [-0.15, -0.1) is 0 Å². The van der Waals surface area contributed by atoms with Crippen LogP contribution in [-0.2, 0) is 9.59 Å². The highest BCUT2D eigenvalue weighted by atomic mass is 28.3. The van der Waals surface area contributed by atoms with Gasteiger partial charge in [-0.1, -0.05) is 19.1 Å². The second-order valence-corrected chi connectivity index (χ2v) is 9.52. The fraction of sp³-hybridized carbons (Fsp3) is 0.867. The first kappa shape index (κ1) is 22.0. The molecule has 2 amide bonds. The summed E-state index contributed by atoms with van der Waals surface area (Å²) in [5.74, 6) is 0.0394. The molecule has 0 rings (SSSR count). The predicted molar refractivity (Wildman–Crippen MR) is 98.1 cm³/mol. The molecule has 6 N–H and O–H groups in total. The molecule has 0 aromatic rings. The molecule has 0 aliphatic rings. The van der Waals surface area contributed by atoms with Gasteiger partial charge >= 0.3 is 0 Å². The summed E-state index contributed by atoms with van der Waals surface area (Å²) in [6, 6.07) is 1.29. The number of nitrogens with one attached hydrogen (secondary N) is 2. The fourth-order valence-electron chi connectivity index (χ4n) is 2.18. The molecule has 0 radical (unpaired) electrons. The number of rotatable bonds is 14. The normalized spacial score (nSPS) is 11.0. The minimum absolute atomic E-state index is 0.0197. The van der Waals surface area contributed by atoms with Gasteiger partial charge in [-0.3, -0.25) is 9.59 Å². The van der Waals surface area contributed by atoms with Crippen molar-refractivity contribution < 1.29 is 9.59 Å². The van der Waals surface area contributed by atoms with Crippen LogP contribution in [-0.4, -0.2) is 71.3 Å². The van der Waals surface area contributed by atoms with Crippen molar-refractivity contribution in [2.24, 2.45) is 11.5 Å². The van der Waals surface area contributed by atoms with Crippen molar-refractivity contribution >= 4 is 20.6 Å². The zero-order chi connectivity index (χ0) is 17.5. The zero-order valence-electron chi connectivity index (χ0n) is 14.8. The van der Waals surface area contributed by atoms with Gasteiger partial charge in [-0.2, -0.15) is 0 Å². The Bertz CT molecular complexity index is 305. The van der Waals surface area contributed by atoms with Crippen LogP contribution in [0.2, 0.25) is 19.1 Å². The molecule has 0 heterocycles. The lowest BCUT2D eigenvalue weighted by Crippen LogP contribution is -2.36. The van der Waals surface area contributed by atoms with Gasteiger partial charge in [0.25, 0.3) is 0 Å². The molecule has 0 aromatic heterocycles. The molecule has 0 bridgehead atoms. The van der Waals surface area contributed by atoms with Gasteiger partial charge in [-0.25, -0.2) is 0 Å². The molecule has 0 unspecified atom stereocenters. The summed E-state index contributed by atoms with van der Waals surface area (Å²) in [6.07, 6.45) is 2.03. The van der Waals surface area contributed by atoms with Crippen LogP contribution >= 0.6 is 0 Å². The standard InChI is InChI=1S/C15H35N5O2Si/c1-23(2)13-3-10-20(11-4-14(21)18-8-6-16)12-5-15(22)19-9-7-17/h23H,3-13,16-17H2,1-2H3,(H,18,21)(H,19,22). The largest absolute Gasteiger partial charge is 0.355 e. The van der Waals surface area contributed by atoms with E-state index in [1.165, 1.54) is 6.04 Å². The van der Waals surface area contributed by atoms with Crippen molar-refractivity contribution in [2.45, 2.75) is 38.4 Å². The third-order valence-corrected chi connectivity index (χ3v) is 5.06. The van der Waals surface area contributed by atoms with Crippen molar-refractivity contribution in [3.63, 3.8) is 0 Å². The predicted octanol–water partition coefficient (Wildman–Crippen LogP) is -0.905. The quantitative estimate of drug-likeness (QED) is 0.305. The smallest absolute Gasteiger partial charge is 0.221 e. The summed E-state index contributed by atoms with van der Waals surface area (Å²) in [4.78, 5) is 25.6. The van der Waals surface area contributed by atoms with Crippen molar-refractivity contribution in [3.05, 3.63) is 0 Å². The van der Waals surface area contributed by atoms with Crippen molar-refractivity contribution in [1.29, 1.82) is 0 Å². The number of hydrogen-bond donors (Lipinski definition) is 4. The van der Waals surface area contributed by atoms with Crippen LogP contribution in [0, 0.1) is 0 Å². The maximum absolute atomic E-state index is 11.7. The molecule has 0 aromatic carbocycles. The molecule has 0 aliphatic carbocycles. The molecule has 0 atom stereocenters. The Morgan fingerprint density at radius 3 is 1.78 bits per heavy atom. The number of nitrogens with zero attached hydrogens (tertiary/aromatic N) is 1. The molecule has 23 heavy (non-hydrogen) atoms. The Morgan fingerprint density at radius 1 is 0.913 bits per heavy atom. The SMILES string of the molecule is C[SiH](C)CCCN(CCC(=O)NCCN)CCC(=O)NCCN. The van der Waals surface area contributed by atoms with Gasteiger partial charge in [-0.05, 0) is 13.0 Å². The average Bonchev–Trinajstić information content (AvgIpc) is 2.52. The van der Waals surface area contributed by atoms with Crippen LogP contribution < -0.4 is 22.1 Å². The Labute approximate surface area is 142 Å². The molecule has 0 saturated carbocycles. The molecule has 0 saturated heterocycles. The first-order valence-corrected chi connectivity index (χ1v) is 11.8. The number of amides is 2. The molecular formula is C15H35N5O2Si. The Hall–Kier alpha value is -0.963. The fourth-order valence-corrected chi connectivity index (χ4v) is 3.18. The van der Waals surface area contributed by atoms with E-state index >= 15 is 0 Å². The van der Waals surface area contributed by atoms with E-state index in [4.69, 9.17) is 11.5 Å². The Balaban J connectivity index is 4.16. The summed E-state index contributed by atoms with van der Waals surface area (Å²) in [5.41, 5.74) is 10.7. The lowest BCUT2D eigenvalue weighted by Gasteiger charge is -2.22. The molecule has 8 heteroatoms. The second kappa shape index (κ2) is 14.6. The molecular weight excluding hydrogens is 310 g/mol. The second-order valence-electron chi connectivity index (χ2n) is 6.15. The van der Waals surface area contributed by atoms with Crippen LogP contribution in [0.3, 0.4) is 0 Å². The number of carbonyl (C=O) groups is 2. The number of carbonyl (C=O) groups excluding carboxylic acids is 2. The first-order chi connectivity index (χ1) is 11.0. The van der Waals surface area contributed by atoms with Gasteiger partial charge in [0.15, 0.2) is 0 Å². The third kappa shape index (κ3) is 14.4. The van der Waals surface area contributed by atoms with E-state index in [2.05, 4.69) is 28.6 Å². The van der Waals surface area contributed by atoms with Crippen molar-refractivity contribution in [2.75, 3.05) is 45.8 Å². The lowest BCUT2D eigenvalue weighted by atomic mass is 10.3. The van der Waals surface area contributed by atoms with E-state index in [0.29, 0.717) is 52.1 Å². The summed E-state index contributed by atoms with van der Waals surface area (Å²) < 4.78 is 0. The minimum atomic E-state index is -0.553. The van der Waals surface area contributed by atoms with E-state index < -0.39 is 8.80 Å². The lowest BCUT2D eigenvalue weighted by molar-refractivity contribution is -0.121. The topological polar surface area (TPSA) is 113 Å². The van der Waals surface area contributed by atoms with Gasteiger partial charge in [0.1, 0.15) is 0 Å². The molecule has 7 nitrogen and oxygen atoms in total. The molecule has 136 valence electrons. The van der Waals surface area contributed by atoms with E-state index in [9.17, 15) is 9.59 Å². The summed E-state index contributed by atoms with van der Waals surface area (Å²) in [6.45, 7) is 8.92. The first-order valence-electron chi connectivity index (χ1n) is 8.65. The minimum Gasteiger partial charge on any atom is -0.355 e. The van der Waals surface area contributed by atoms with Gasteiger partial charge < -0.3 is 27.0 Å². The van der Waals surface area contributed by atoms with E-state index in [-0.39, 0.29) is 11.8 Å². The van der Waals surface area contributed by atoms with Gasteiger partial charge in [0.2, 0.25) is 11.8 Å². The van der Waals surface area contributed by atoms with Crippen LogP contribution in [0.1, 0.15) is 19.3 Å². The Kier molecular flexibility index (Phi) is 14.0. The van der Waals surface area contributed by atoms with E-state index in [1.54, 1.807) is 0 Å². The van der Waals surface area contributed by atoms with E-state index in [1.807, 2.05) is 0 Å². The average molecular weight is 346 g/mol. The summed E-state index contributed by atoms with van der Waals surface area (Å²) in [7, 11) is -0.553. The molecule has 0 spiro atoms. The summed E-state index contributed by atoms with van der Waals surface area (Å²) in [5, 5.41) is 5.56. The Morgan fingerprint density at radius 2 is 1.39 bits per heavy atom. The maximum Gasteiger partial charge on any atom is 0.221 e. The number of hydrogen-bond acceptors (Lipinski definition) is 5. The molecule has 0 aliphatic heterocycles. The number of nitrogens with two attached hydrogens (primary N) is 2. The van der Waals surface area contributed by atoms with Gasteiger partial charge in [0, 0.05) is 60.9 Å². The monoisotopic (exact) mass is 345 g/mol. The van der Waals surface area contributed by atoms with Crippen LogP contribution in [0.4, 0.5) is 0 Å². The van der Waals surface area contributed by atoms with E-state index in [0.717, 1.165) is 13.0 Å². The third-order valence-electron chi connectivity index (χ3n) is 3.50. The van der Waals surface area contributed by atoms with Crippen LogP contribution in [0.15, 0.2) is 0 Å². The van der Waals surface area contributed by atoms with Crippen molar-refractivity contribution in [1.82, 2.24) is 15.5 Å². The van der Waals surface area contributed by atoms with Crippen LogP contribution in [0.5, 0.6) is 0 Å².